The van der Waals surface area contributed by atoms with E-state index in [1.807, 2.05) is 0 Å². The molecule has 0 aliphatic heterocycles. The highest BCUT2D eigenvalue weighted by Gasteiger charge is 1.99. The molecule has 0 saturated heterocycles. The molecule has 0 aliphatic carbocycles. The summed E-state index contributed by atoms with van der Waals surface area (Å²) >= 11 is 0. The van der Waals surface area contributed by atoms with E-state index in [2.05, 4.69) is 0 Å². The second kappa shape index (κ2) is 4.57. The first-order valence-corrected chi connectivity index (χ1v) is 3.99. The van der Waals surface area contributed by atoms with Gasteiger partial charge in [0, 0.05) is 31.2 Å². The summed E-state index contributed by atoms with van der Waals surface area (Å²) in [5.74, 6) is 0.309. The summed E-state index contributed by atoms with van der Waals surface area (Å²) in [6.45, 7) is 0.421. The van der Waals surface area contributed by atoms with Crippen molar-refractivity contribution < 1.29 is 20.1 Å². The Morgan fingerprint density at radius 1 is 1.08 bits per heavy atom. The maximum atomic E-state index is 9.06. The third kappa shape index (κ3) is 3.21. The Bertz CT molecular complexity index is 252. The summed E-state index contributed by atoms with van der Waals surface area (Å²) in [6, 6.07) is 4.02. The zero-order chi connectivity index (χ0) is 9.68. The highest BCUT2D eigenvalue weighted by atomic mass is 16.5. The Kier molecular flexibility index (Phi) is 3.40. The lowest BCUT2D eigenvalue weighted by Crippen LogP contribution is -1.99. The third-order valence-electron chi connectivity index (χ3n) is 1.45. The first kappa shape index (κ1) is 9.67. The summed E-state index contributed by atoms with van der Waals surface area (Å²) in [7, 11) is 0. The van der Waals surface area contributed by atoms with Gasteiger partial charge >= 0.3 is 0 Å². The highest BCUT2D eigenvalue weighted by Crippen LogP contribution is 2.25. The minimum Gasteiger partial charge on any atom is -0.508 e. The minimum absolute atomic E-state index is 0.0426. The van der Waals surface area contributed by atoms with Crippen LogP contribution in [0.5, 0.6) is 17.2 Å². The van der Waals surface area contributed by atoms with E-state index in [9.17, 15) is 0 Å². The molecule has 0 unspecified atom stereocenters. The molecule has 1 rings (SSSR count). The summed E-state index contributed by atoms with van der Waals surface area (Å²) in [4.78, 5) is 0. The van der Waals surface area contributed by atoms with Gasteiger partial charge in [-0.2, -0.15) is 0 Å². The number of rotatable bonds is 4. The molecule has 0 aliphatic rings. The Balaban J connectivity index is 2.56. The number of hydrogen-bond donors (Lipinski definition) is 3. The standard InChI is InChI=1S/C9H12O4/c10-2-1-3-13-9-5-7(11)4-8(12)6-9/h4-6,10-12H,1-3H2. The number of benzene rings is 1. The van der Waals surface area contributed by atoms with Crippen LogP contribution in [0.15, 0.2) is 18.2 Å². The maximum absolute atomic E-state index is 9.06. The second-order valence-electron chi connectivity index (χ2n) is 2.61. The van der Waals surface area contributed by atoms with Gasteiger partial charge in [0.2, 0.25) is 0 Å². The van der Waals surface area contributed by atoms with Crippen molar-refractivity contribution in [3.63, 3.8) is 0 Å². The average Bonchev–Trinajstić information content (AvgIpc) is 2.03. The van der Waals surface area contributed by atoms with Crippen molar-refractivity contribution in [2.75, 3.05) is 13.2 Å². The highest BCUT2D eigenvalue weighted by molar-refractivity contribution is 5.40. The van der Waals surface area contributed by atoms with Crippen LogP contribution in [-0.4, -0.2) is 28.5 Å². The number of phenols is 2. The molecule has 13 heavy (non-hydrogen) atoms. The molecular weight excluding hydrogens is 172 g/mol. The van der Waals surface area contributed by atoms with E-state index in [-0.39, 0.29) is 18.1 Å². The summed E-state index contributed by atoms with van der Waals surface area (Å²) in [5, 5.41) is 26.6. The molecule has 0 fully saturated rings. The molecule has 0 heterocycles. The van der Waals surface area contributed by atoms with Crippen molar-refractivity contribution in [3.05, 3.63) is 18.2 Å². The summed E-state index contributed by atoms with van der Waals surface area (Å²) in [5.41, 5.74) is 0. The van der Waals surface area contributed by atoms with Crippen molar-refractivity contribution in [1.82, 2.24) is 0 Å². The maximum Gasteiger partial charge on any atom is 0.126 e. The van der Waals surface area contributed by atoms with Crippen LogP contribution in [0.3, 0.4) is 0 Å². The Morgan fingerprint density at radius 2 is 1.69 bits per heavy atom. The molecule has 72 valence electrons. The molecule has 0 bridgehead atoms. The zero-order valence-corrected chi connectivity index (χ0v) is 7.10. The van der Waals surface area contributed by atoms with Crippen LogP contribution in [-0.2, 0) is 0 Å². The van der Waals surface area contributed by atoms with Gasteiger partial charge in [0.05, 0.1) is 6.61 Å². The zero-order valence-electron chi connectivity index (χ0n) is 7.10. The van der Waals surface area contributed by atoms with Crippen LogP contribution in [0.1, 0.15) is 6.42 Å². The van der Waals surface area contributed by atoms with Gasteiger partial charge in [0.25, 0.3) is 0 Å². The van der Waals surface area contributed by atoms with Crippen LogP contribution >= 0.6 is 0 Å². The summed E-state index contributed by atoms with van der Waals surface area (Å²) < 4.78 is 5.13. The topological polar surface area (TPSA) is 69.9 Å². The molecule has 3 N–H and O–H groups in total. The van der Waals surface area contributed by atoms with Gasteiger partial charge in [-0.1, -0.05) is 0 Å². The number of ether oxygens (including phenoxy) is 1. The van der Waals surface area contributed by atoms with Crippen molar-refractivity contribution in [1.29, 1.82) is 0 Å². The van der Waals surface area contributed by atoms with E-state index in [1.165, 1.54) is 18.2 Å². The minimum atomic E-state index is -0.0426. The first-order chi connectivity index (χ1) is 6.22. The Labute approximate surface area is 76.0 Å². The van der Waals surface area contributed by atoms with Crippen LogP contribution in [0.4, 0.5) is 0 Å². The molecule has 0 aromatic heterocycles. The summed E-state index contributed by atoms with van der Waals surface area (Å²) in [6.07, 6.45) is 0.524. The first-order valence-electron chi connectivity index (χ1n) is 3.99. The van der Waals surface area contributed by atoms with Crippen molar-refractivity contribution >= 4 is 0 Å². The van der Waals surface area contributed by atoms with Crippen LogP contribution in [0.25, 0.3) is 0 Å². The van der Waals surface area contributed by atoms with Crippen LogP contribution < -0.4 is 4.74 Å². The van der Waals surface area contributed by atoms with Gasteiger partial charge in [-0.15, -0.1) is 0 Å². The molecule has 1 aromatic rings. The molecule has 0 radical (unpaired) electrons. The predicted molar refractivity (Wildman–Crippen MR) is 47.0 cm³/mol. The van der Waals surface area contributed by atoms with E-state index >= 15 is 0 Å². The number of phenolic OH excluding ortho intramolecular Hbond substituents is 2. The van der Waals surface area contributed by atoms with Gasteiger partial charge < -0.3 is 20.1 Å². The fourth-order valence-electron chi connectivity index (χ4n) is 0.906. The van der Waals surface area contributed by atoms with E-state index in [0.717, 1.165) is 0 Å². The normalized spacial score (nSPS) is 9.92. The van der Waals surface area contributed by atoms with E-state index in [1.54, 1.807) is 0 Å². The largest absolute Gasteiger partial charge is 0.508 e. The molecule has 0 saturated carbocycles. The van der Waals surface area contributed by atoms with Gasteiger partial charge in [-0.25, -0.2) is 0 Å². The van der Waals surface area contributed by atoms with E-state index in [0.29, 0.717) is 18.8 Å². The monoisotopic (exact) mass is 184 g/mol. The molecule has 4 nitrogen and oxygen atoms in total. The number of aliphatic hydroxyl groups excluding tert-OH is 1. The fourth-order valence-corrected chi connectivity index (χ4v) is 0.906. The fraction of sp³-hybridized carbons (Fsp3) is 0.333. The lowest BCUT2D eigenvalue weighted by Gasteiger charge is -2.05. The Morgan fingerprint density at radius 3 is 2.23 bits per heavy atom. The number of aliphatic hydroxyl groups is 1. The average molecular weight is 184 g/mol. The van der Waals surface area contributed by atoms with Crippen molar-refractivity contribution in [2.24, 2.45) is 0 Å². The predicted octanol–water partition coefficient (Wildman–Crippen LogP) is 0.859. The lowest BCUT2D eigenvalue weighted by atomic mass is 10.3. The van der Waals surface area contributed by atoms with Gasteiger partial charge in [0.15, 0.2) is 0 Å². The van der Waals surface area contributed by atoms with Crippen LogP contribution in [0.2, 0.25) is 0 Å². The van der Waals surface area contributed by atoms with E-state index in [4.69, 9.17) is 20.1 Å². The van der Waals surface area contributed by atoms with Gasteiger partial charge in [0.1, 0.15) is 17.2 Å². The quantitative estimate of drug-likeness (QED) is 0.607. The number of hydrogen-bond acceptors (Lipinski definition) is 4. The molecule has 1 aromatic carbocycles. The molecule has 4 heteroatoms. The third-order valence-corrected chi connectivity index (χ3v) is 1.45. The van der Waals surface area contributed by atoms with Crippen molar-refractivity contribution in [3.8, 4) is 17.2 Å². The van der Waals surface area contributed by atoms with Crippen molar-refractivity contribution in [2.45, 2.75) is 6.42 Å². The smallest absolute Gasteiger partial charge is 0.126 e. The van der Waals surface area contributed by atoms with Gasteiger partial charge in [-0.05, 0) is 0 Å². The second-order valence-corrected chi connectivity index (χ2v) is 2.61. The number of aromatic hydroxyl groups is 2. The lowest BCUT2D eigenvalue weighted by molar-refractivity contribution is 0.233. The molecular formula is C9H12O4. The van der Waals surface area contributed by atoms with Crippen LogP contribution in [0, 0.1) is 0 Å². The molecule has 0 spiro atoms. The van der Waals surface area contributed by atoms with E-state index < -0.39 is 0 Å². The van der Waals surface area contributed by atoms with Gasteiger partial charge in [-0.3, -0.25) is 0 Å². The molecule has 0 amide bonds. The Hall–Kier alpha value is -1.42. The molecule has 0 atom stereocenters. The SMILES string of the molecule is OCCCOc1cc(O)cc(O)c1.